The van der Waals surface area contributed by atoms with Gasteiger partial charge in [-0.05, 0) is 57.2 Å². The molecule has 0 unspecified atom stereocenters. The summed E-state index contributed by atoms with van der Waals surface area (Å²) in [6.07, 6.45) is -0.520. The topological polar surface area (TPSA) is 110 Å². The molecule has 2 aromatic carbocycles. The highest BCUT2D eigenvalue weighted by molar-refractivity contribution is 7.22. The average molecular weight is 501 g/mol. The van der Waals surface area contributed by atoms with Crippen molar-refractivity contribution in [2.45, 2.75) is 26.4 Å². The van der Waals surface area contributed by atoms with Crippen LogP contribution in [0.5, 0.6) is 0 Å². The zero-order chi connectivity index (χ0) is 24.5. The number of alkyl carbamates (subject to hydrolysis) is 1. The zero-order valence-corrected chi connectivity index (χ0v) is 20.8. The Labute approximate surface area is 205 Å². The highest BCUT2D eigenvalue weighted by Gasteiger charge is 2.16. The SMILES string of the molecule is Cn1c(Nc2nc3ccc(Cl)cc3s2)nc2cc(C(=O)NCCNC(=O)OC(C)(C)C)ccc21. The molecular weight excluding hydrogens is 476 g/mol. The number of anilines is 2. The number of nitrogens with one attached hydrogen (secondary N) is 3. The molecule has 178 valence electrons. The van der Waals surface area contributed by atoms with E-state index in [-0.39, 0.29) is 19.0 Å². The van der Waals surface area contributed by atoms with Gasteiger partial charge in [0, 0.05) is 30.7 Å². The number of ether oxygens (including phenoxy) is 1. The van der Waals surface area contributed by atoms with Crippen molar-refractivity contribution < 1.29 is 14.3 Å². The van der Waals surface area contributed by atoms with Crippen molar-refractivity contribution in [2.24, 2.45) is 7.05 Å². The van der Waals surface area contributed by atoms with Crippen LogP contribution in [0.15, 0.2) is 36.4 Å². The first kappa shape index (κ1) is 23.8. The second kappa shape index (κ2) is 9.47. The molecule has 0 radical (unpaired) electrons. The summed E-state index contributed by atoms with van der Waals surface area (Å²) in [5.74, 6) is 0.357. The number of carbonyl (C=O) groups is 2. The molecule has 0 saturated heterocycles. The summed E-state index contributed by atoms with van der Waals surface area (Å²) in [5.41, 5.74) is 2.31. The third-order valence-corrected chi connectivity index (χ3v) is 5.96. The molecular formula is C23H25ClN6O3S. The molecule has 2 aromatic heterocycles. The number of nitrogens with zero attached hydrogens (tertiary/aromatic N) is 3. The van der Waals surface area contributed by atoms with E-state index in [1.807, 2.05) is 35.9 Å². The molecule has 4 rings (SSSR count). The van der Waals surface area contributed by atoms with Gasteiger partial charge in [-0.3, -0.25) is 4.79 Å². The Morgan fingerprint density at radius 3 is 2.59 bits per heavy atom. The van der Waals surface area contributed by atoms with Crippen molar-refractivity contribution in [2.75, 3.05) is 18.4 Å². The maximum atomic E-state index is 12.5. The fourth-order valence-electron chi connectivity index (χ4n) is 3.26. The molecule has 2 amide bonds. The Bertz CT molecular complexity index is 1370. The number of carbonyl (C=O) groups excluding carboxylic acids is 2. The second-order valence-electron chi connectivity index (χ2n) is 8.64. The number of aryl methyl sites for hydroxylation is 1. The van der Waals surface area contributed by atoms with Crippen LogP contribution < -0.4 is 16.0 Å². The fraction of sp³-hybridized carbons (Fsp3) is 0.304. The molecule has 9 nitrogen and oxygen atoms in total. The van der Waals surface area contributed by atoms with Crippen molar-refractivity contribution in [1.82, 2.24) is 25.2 Å². The van der Waals surface area contributed by atoms with Crippen LogP contribution in [0.25, 0.3) is 21.3 Å². The summed E-state index contributed by atoms with van der Waals surface area (Å²) >= 11 is 7.56. The van der Waals surface area contributed by atoms with Crippen molar-refractivity contribution in [3.05, 3.63) is 47.0 Å². The van der Waals surface area contributed by atoms with Crippen LogP contribution in [-0.4, -0.2) is 45.2 Å². The highest BCUT2D eigenvalue weighted by Crippen LogP contribution is 2.31. The van der Waals surface area contributed by atoms with Gasteiger partial charge in [0.25, 0.3) is 5.91 Å². The fourth-order valence-corrected chi connectivity index (χ4v) is 4.39. The highest BCUT2D eigenvalue weighted by atomic mass is 35.5. The molecule has 0 saturated carbocycles. The number of halogens is 1. The maximum Gasteiger partial charge on any atom is 0.407 e. The summed E-state index contributed by atoms with van der Waals surface area (Å²) in [7, 11) is 1.89. The molecule has 34 heavy (non-hydrogen) atoms. The molecule has 2 heterocycles. The smallest absolute Gasteiger partial charge is 0.407 e. The van der Waals surface area contributed by atoms with E-state index in [0.717, 1.165) is 15.7 Å². The van der Waals surface area contributed by atoms with Gasteiger partial charge in [-0.1, -0.05) is 22.9 Å². The number of hydrogen-bond donors (Lipinski definition) is 3. The minimum atomic E-state index is -0.570. The van der Waals surface area contributed by atoms with Crippen LogP contribution in [0.3, 0.4) is 0 Å². The van der Waals surface area contributed by atoms with Crippen molar-refractivity contribution in [1.29, 1.82) is 0 Å². The van der Waals surface area contributed by atoms with Gasteiger partial charge in [-0.15, -0.1) is 0 Å². The van der Waals surface area contributed by atoms with Gasteiger partial charge < -0.3 is 25.3 Å². The third kappa shape index (κ3) is 5.57. The van der Waals surface area contributed by atoms with Gasteiger partial charge in [-0.2, -0.15) is 0 Å². The number of hydrogen-bond acceptors (Lipinski definition) is 7. The number of imidazole rings is 1. The Kier molecular flexibility index (Phi) is 6.63. The zero-order valence-electron chi connectivity index (χ0n) is 19.2. The van der Waals surface area contributed by atoms with Crippen LogP contribution in [0.2, 0.25) is 5.02 Å². The lowest BCUT2D eigenvalue weighted by molar-refractivity contribution is 0.0526. The van der Waals surface area contributed by atoms with E-state index < -0.39 is 11.7 Å². The maximum absolute atomic E-state index is 12.5. The number of fused-ring (bicyclic) bond motifs is 2. The Balaban J connectivity index is 1.40. The van der Waals surface area contributed by atoms with Crippen molar-refractivity contribution in [3.63, 3.8) is 0 Å². The van der Waals surface area contributed by atoms with Crippen LogP contribution in [0, 0.1) is 0 Å². The van der Waals surface area contributed by atoms with E-state index in [0.29, 0.717) is 27.2 Å². The molecule has 4 aromatic rings. The van der Waals surface area contributed by atoms with Crippen LogP contribution in [0.4, 0.5) is 15.9 Å². The normalized spacial score (nSPS) is 11.6. The standard InChI is InChI=1S/C23H25ClN6O3S/c1-23(2,3)33-22(32)26-10-9-25-19(31)13-5-8-17-16(11-13)27-20(30(17)4)29-21-28-15-7-6-14(24)12-18(15)34-21/h5-8,11-12H,9-10H2,1-4H3,(H,25,31)(H,26,32)(H,27,28,29). The third-order valence-electron chi connectivity index (χ3n) is 4.79. The van der Waals surface area contributed by atoms with E-state index in [2.05, 4.69) is 25.9 Å². The van der Waals surface area contributed by atoms with Gasteiger partial charge >= 0.3 is 6.09 Å². The van der Waals surface area contributed by atoms with E-state index in [9.17, 15) is 9.59 Å². The van der Waals surface area contributed by atoms with Crippen LogP contribution in [0.1, 0.15) is 31.1 Å². The van der Waals surface area contributed by atoms with E-state index >= 15 is 0 Å². The lowest BCUT2D eigenvalue weighted by atomic mass is 10.2. The van der Waals surface area contributed by atoms with Crippen LogP contribution >= 0.6 is 22.9 Å². The van der Waals surface area contributed by atoms with Gasteiger partial charge in [0.15, 0.2) is 5.13 Å². The van der Waals surface area contributed by atoms with Crippen molar-refractivity contribution in [3.8, 4) is 0 Å². The summed E-state index contributed by atoms with van der Waals surface area (Å²) in [5, 5.41) is 10.0. The monoisotopic (exact) mass is 500 g/mol. The number of benzene rings is 2. The average Bonchev–Trinajstić information content (AvgIpc) is 3.29. The van der Waals surface area contributed by atoms with E-state index in [4.69, 9.17) is 16.3 Å². The molecule has 0 atom stereocenters. The number of amides is 2. The Hall–Kier alpha value is -3.37. The van der Waals surface area contributed by atoms with Gasteiger partial charge in [0.2, 0.25) is 5.95 Å². The quantitative estimate of drug-likeness (QED) is 0.327. The molecule has 0 aliphatic rings. The summed E-state index contributed by atoms with van der Waals surface area (Å²) in [4.78, 5) is 33.4. The van der Waals surface area contributed by atoms with Gasteiger partial charge in [0.1, 0.15) is 5.60 Å². The largest absolute Gasteiger partial charge is 0.444 e. The first-order chi connectivity index (χ1) is 16.1. The first-order valence-electron chi connectivity index (χ1n) is 10.6. The summed E-state index contributed by atoms with van der Waals surface area (Å²) in [6.45, 7) is 5.90. The van der Waals surface area contributed by atoms with Crippen molar-refractivity contribution >= 4 is 67.3 Å². The van der Waals surface area contributed by atoms with Crippen LogP contribution in [-0.2, 0) is 11.8 Å². The first-order valence-corrected chi connectivity index (χ1v) is 11.8. The summed E-state index contributed by atoms with van der Waals surface area (Å²) in [6, 6.07) is 10.9. The van der Waals surface area contributed by atoms with Gasteiger partial charge in [0.05, 0.1) is 21.3 Å². The molecule has 0 spiro atoms. The molecule has 0 fully saturated rings. The predicted molar refractivity (Wildman–Crippen MR) is 135 cm³/mol. The lowest BCUT2D eigenvalue weighted by Crippen LogP contribution is -2.37. The number of rotatable bonds is 6. The molecule has 3 N–H and O–H groups in total. The number of aromatic nitrogens is 3. The molecule has 0 bridgehead atoms. The molecule has 11 heteroatoms. The van der Waals surface area contributed by atoms with E-state index in [1.165, 1.54) is 11.3 Å². The molecule has 0 aliphatic carbocycles. The molecule has 0 aliphatic heterocycles. The minimum absolute atomic E-state index is 0.254. The second-order valence-corrected chi connectivity index (χ2v) is 10.1. The Morgan fingerprint density at radius 2 is 1.82 bits per heavy atom. The Morgan fingerprint density at radius 1 is 1.06 bits per heavy atom. The number of thiazole rings is 1. The summed E-state index contributed by atoms with van der Waals surface area (Å²) < 4.78 is 8.05. The lowest BCUT2D eigenvalue weighted by Gasteiger charge is -2.19. The minimum Gasteiger partial charge on any atom is -0.444 e. The predicted octanol–water partition coefficient (Wildman–Crippen LogP) is 4.83. The van der Waals surface area contributed by atoms with Gasteiger partial charge in [-0.25, -0.2) is 14.8 Å². The van der Waals surface area contributed by atoms with E-state index in [1.54, 1.807) is 32.9 Å².